The number of benzene rings is 1. The van der Waals surface area contributed by atoms with Gasteiger partial charge in [0, 0.05) is 6.61 Å². The maximum atomic E-state index is 11.0. The minimum Gasteiger partial charge on any atom is -0.377 e. The quantitative estimate of drug-likeness (QED) is 0.428. The highest BCUT2D eigenvalue weighted by molar-refractivity contribution is 8.15. The fourth-order valence-electron chi connectivity index (χ4n) is 2.05. The van der Waals surface area contributed by atoms with Gasteiger partial charge in [-0.2, -0.15) is 5.10 Å². The minimum atomic E-state index is -0.0250. The Bertz CT molecular complexity index is 555. The summed E-state index contributed by atoms with van der Waals surface area (Å²) >= 11 is 1.36. The first-order valence-corrected chi connectivity index (χ1v) is 8.97. The molecule has 124 valence electrons. The molecule has 0 bridgehead atoms. The minimum absolute atomic E-state index is 0.0250. The maximum absolute atomic E-state index is 11.0. The van der Waals surface area contributed by atoms with Gasteiger partial charge in [0.2, 0.25) is 5.91 Å². The zero-order valence-electron chi connectivity index (χ0n) is 13.5. The van der Waals surface area contributed by atoms with Gasteiger partial charge in [-0.25, -0.2) is 0 Å². The molecule has 1 aromatic rings. The highest BCUT2D eigenvalue weighted by atomic mass is 32.2. The lowest BCUT2D eigenvalue weighted by Crippen LogP contribution is -2.19. The van der Waals surface area contributed by atoms with E-state index in [0.717, 1.165) is 24.2 Å². The van der Waals surface area contributed by atoms with Crippen molar-refractivity contribution >= 4 is 29.1 Å². The summed E-state index contributed by atoms with van der Waals surface area (Å²) in [6.07, 6.45) is 6.58. The van der Waals surface area contributed by atoms with Gasteiger partial charge in [0.25, 0.3) is 0 Å². The standard InChI is InChI=1S/C17H23N3O2S/c1-2-3-4-5-10-22-12-15-8-6-14(7-9-15)11-18-20-17-19-16(21)13-23-17/h6-9,11H,2-5,10,12-13H2,1H3,(H,19,20,21). The molecule has 1 aliphatic rings. The van der Waals surface area contributed by atoms with E-state index in [1.165, 1.54) is 31.0 Å². The second-order valence-corrected chi connectivity index (χ2v) is 6.31. The Kier molecular flexibility index (Phi) is 7.83. The van der Waals surface area contributed by atoms with Crippen LogP contribution in [0.25, 0.3) is 0 Å². The Morgan fingerprint density at radius 3 is 2.78 bits per heavy atom. The van der Waals surface area contributed by atoms with Gasteiger partial charge in [-0.05, 0) is 17.5 Å². The zero-order chi connectivity index (χ0) is 16.3. The number of ether oxygens (including phenoxy) is 1. The third-order valence-corrected chi connectivity index (χ3v) is 4.20. The van der Waals surface area contributed by atoms with Gasteiger partial charge in [0.1, 0.15) is 0 Å². The number of rotatable bonds is 9. The largest absolute Gasteiger partial charge is 0.377 e. The summed E-state index contributed by atoms with van der Waals surface area (Å²) in [6, 6.07) is 8.04. The molecule has 0 aliphatic carbocycles. The van der Waals surface area contributed by atoms with Crippen molar-refractivity contribution in [3.05, 3.63) is 35.4 Å². The second-order valence-electron chi connectivity index (χ2n) is 5.34. The van der Waals surface area contributed by atoms with Crippen LogP contribution < -0.4 is 5.32 Å². The number of unbranched alkanes of at least 4 members (excludes halogenated alkanes) is 3. The van der Waals surface area contributed by atoms with Crippen LogP contribution in [0.2, 0.25) is 0 Å². The van der Waals surface area contributed by atoms with Crippen molar-refractivity contribution in [3.8, 4) is 0 Å². The number of carbonyl (C=O) groups excluding carboxylic acids is 1. The van der Waals surface area contributed by atoms with E-state index in [4.69, 9.17) is 4.74 Å². The smallest absolute Gasteiger partial charge is 0.236 e. The van der Waals surface area contributed by atoms with Crippen LogP contribution in [0.4, 0.5) is 0 Å². The fraction of sp³-hybridized carbons (Fsp3) is 0.471. The molecule has 0 unspecified atom stereocenters. The summed E-state index contributed by atoms with van der Waals surface area (Å²) in [5, 5.41) is 11.1. The third kappa shape index (κ3) is 6.97. The molecule has 1 aromatic carbocycles. The van der Waals surface area contributed by atoms with Crippen LogP contribution in [-0.4, -0.2) is 29.6 Å². The Hall–Kier alpha value is -1.66. The summed E-state index contributed by atoms with van der Waals surface area (Å²) in [7, 11) is 0. The van der Waals surface area contributed by atoms with Crippen LogP contribution in [0, 0.1) is 0 Å². The van der Waals surface area contributed by atoms with Crippen LogP contribution in [0.3, 0.4) is 0 Å². The number of hydrogen-bond donors (Lipinski definition) is 1. The lowest BCUT2D eigenvalue weighted by atomic mass is 10.1. The van der Waals surface area contributed by atoms with Crippen molar-refractivity contribution < 1.29 is 9.53 Å². The first kappa shape index (κ1) is 17.7. The molecule has 0 spiro atoms. The van der Waals surface area contributed by atoms with Gasteiger partial charge in [0.05, 0.1) is 18.6 Å². The van der Waals surface area contributed by atoms with E-state index < -0.39 is 0 Å². The van der Waals surface area contributed by atoms with Crippen molar-refractivity contribution in [2.75, 3.05) is 12.4 Å². The lowest BCUT2D eigenvalue weighted by Gasteiger charge is -2.04. The number of nitrogens with one attached hydrogen (secondary N) is 1. The van der Waals surface area contributed by atoms with Crippen molar-refractivity contribution in [1.82, 2.24) is 5.32 Å². The normalized spacial score (nSPS) is 16.4. The van der Waals surface area contributed by atoms with E-state index in [0.29, 0.717) is 17.5 Å². The van der Waals surface area contributed by atoms with Crippen LogP contribution >= 0.6 is 11.8 Å². The van der Waals surface area contributed by atoms with Crippen LogP contribution in [0.5, 0.6) is 0 Å². The van der Waals surface area contributed by atoms with Gasteiger partial charge in [-0.15, -0.1) is 5.10 Å². The highest BCUT2D eigenvalue weighted by Gasteiger charge is 2.15. The van der Waals surface area contributed by atoms with E-state index in [2.05, 4.69) is 22.4 Å². The SMILES string of the molecule is CCCCCCOCc1ccc(C=NN=C2NC(=O)CS2)cc1. The fourth-order valence-corrected chi connectivity index (χ4v) is 2.68. The predicted octanol–water partition coefficient (Wildman–Crippen LogP) is 3.34. The molecule has 1 heterocycles. The molecule has 1 N–H and O–H groups in total. The summed E-state index contributed by atoms with van der Waals surface area (Å²) in [6.45, 7) is 3.68. The number of amides is 1. The molecule has 2 rings (SSSR count). The van der Waals surface area contributed by atoms with Gasteiger partial charge < -0.3 is 10.1 Å². The molecule has 0 saturated carbocycles. The molecular formula is C17H23N3O2S. The monoisotopic (exact) mass is 333 g/mol. The van der Waals surface area contributed by atoms with E-state index in [-0.39, 0.29) is 5.91 Å². The highest BCUT2D eigenvalue weighted by Crippen LogP contribution is 2.09. The molecule has 0 atom stereocenters. The summed E-state index contributed by atoms with van der Waals surface area (Å²) in [5.74, 6) is 0.393. The van der Waals surface area contributed by atoms with Crippen molar-refractivity contribution in [3.63, 3.8) is 0 Å². The molecule has 6 heteroatoms. The Labute approximate surface area is 141 Å². The Balaban J connectivity index is 1.70. The van der Waals surface area contributed by atoms with Crippen molar-refractivity contribution in [1.29, 1.82) is 0 Å². The van der Waals surface area contributed by atoms with Crippen LogP contribution in [0.15, 0.2) is 34.5 Å². The number of hydrogen-bond acceptors (Lipinski definition) is 5. The number of carbonyl (C=O) groups is 1. The number of thioether (sulfide) groups is 1. The lowest BCUT2D eigenvalue weighted by molar-refractivity contribution is -0.116. The average Bonchev–Trinajstić information content (AvgIpc) is 2.97. The van der Waals surface area contributed by atoms with Gasteiger partial charge in [-0.1, -0.05) is 62.2 Å². The van der Waals surface area contributed by atoms with Crippen LogP contribution in [-0.2, 0) is 16.1 Å². The van der Waals surface area contributed by atoms with E-state index in [1.54, 1.807) is 6.21 Å². The van der Waals surface area contributed by atoms with E-state index >= 15 is 0 Å². The molecule has 1 saturated heterocycles. The summed E-state index contributed by atoms with van der Waals surface area (Å²) in [4.78, 5) is 11.0. The van der Waals surface area contributed by atoms with Crippen molar-refractivity contribution in [2.45, 2.75) is 39.2 Å². The average molecular weight is 333 g/mol. The van der Waals surface area contributed by atoms with Crippen molar-refractivity contribution in [2.24, 2.45) is 10.2 Å². The number of nitrogens with zero attached hydrogens (tertiary/aromatic N) is 2. The van der Waals surface area contributed by atoms with Gasteiger partial charge in [-0.3, -0.25) is 4.79 Å². The first-order chi connectivity index (χ1) is 11.3. The Morgan fingerprint density at radius 1 is 1.26 bits per heavy atom. The zero-order valence-corrected chi connectivity index (χ0v) is 14.3. The Morgan fingerprint density at radius 2 is 2.09 bits per heavy atom. The molecule has 23 heavy (non-hydrogen) atoms. The third-order valence-electron chi connectivity index (χ3n) is 3.33. The topological polar surface area (TPSA) is 63.1 Å². The molecule has 0 radical (unpaired) electrons. The maximum Gasteiger partial charge on any atom is 0.236 e. The molecule has 1 aliphatic heterocycles. The number of amidine groups is 1. The molecule has 1 amide bonds. The summed E-state index contributed by atoms with van der Waals surface area (Å²) in [5.41, 5.74) is 2.12. The molecule has 5 nitrogen and oxygen atoms in total. The van der Waals surface area contributed by atoms with Crippen LogP contribution in [0.1, 0.15) is 43.7 Å². The summed E-state index contributed by atoms with van der Waals surface area (Å²) < 4.78 is 5.67. The molecule has 1 fully saturated rings. The van der Waals surface area contributed by atoms with E-state index in [9.17, 15) is 4.79 Å². The second kappa shape index (κ2) is 10.2. The molecular weight excluding hydrogens is 310 g/mol. The molecule has 0 aromatic heterocycles. The van der Waals surface area contributed by atoms with E-state index in [1.807, 2.05) is 24.3 Å². The predicted molar refractivity (Wildman–Crippen MR) is 95.9 cm³/mol. The first-order valence-electron chi connectivity index (χ1n) is 7.98. The van der Waals surface area contributed by atoms with Gasteiger partial charge in [0.15, 0.2) is 5.17 Å². The van der Waals surface area contributed by atoms with Gasteiger partial charge >= 0.3 is 0 Å².